The molecule has 0 radical (unpaired) electrons. The van der Waals surface area contributed by atoms with Crippen molar-refractivity contribution in [3.63, 3.8) is 0 Å². The highest BCUT2D eigenvalue weighted by atomic mass is 35.5. The van der Waals surface area contributed by atoms with Crippen LogP contribution in [0.2, 0.25) is 5.02 Å². The van der Waals surface area contributed by atoms with Gasteiger partial charge in [-0.15, -0.1) is 10.2 Å². The lowest BCUT2D eigenvalue weighted by Gasteiger charge is -2.11. The predicted molar refractivity (Wildman–Crippen MR) is 114 cm³/mol. The van der Waals surface area contributed by atoms with E-state index in [9.17, 15) is 4.79 Å². The highest BCUT2D eigenvalue weighted by Gasteiger charge is 2.13. The van der Waals surface area contributed by atoms with Gasteiger partial charge in [-0.05, 0) is 24.6 Å². The maximum atomic E-state index is 12.1. The van der Waals surface area contributed by atoms with Gasteiger partial charge >= 0.3 is 0 Å². The minimum atomic E-state index is -0.189. The van der Waals surface area contributed by atoms with Crippen LogP contribution in [0.15, 0.2) is 60.3 Å². The zero-order valence-electron chi connectivity index (χ0n) is 15.6. The van der Waals surface area contributed by atoms with Crippen molar-refractivity contribution in [3.05, 3.63) is 71.3 Å². The van der Waals surface area contributed by atoms with Gasteiger partial charge in [0.25, 0.3) is 0 Å². The molecule has 0 unspecified atom stereocenters. The highest BCUT2D eigenvalue weighted by molar-refractivity contribution is 7.99. The molecule has 1 aromatic heterocycles. The van der Waals surface area contributed by atoms with Crippen LogP contribution >= 0.6 is 23.4 Å². The molecule has 0 aliphatic rings. The standard InChI is InChI=1S/C20H20ClN5OS/c1-13-7-9-15(10-8-13)14(2)22-23-18(27)12-28-20-25-24-19(26(20)3)16-5-4-6-17(21)11-16/h4-11,22H,2,12H2,1,3H3,(H,23,27). The molecule has 28 heavy (non-hydrogen) atoms. The van der Waals surface area contributed by atoms with Crippen molar-refractivity contribution in [2.75, 3.05) is 5.75 Å². The summed E-state index contributed by atoms with van der Waals surface area (Å²) in [7, 11) is 1.86. The lowest BCUT2D eigenvalue weighted by Crippen LogP contribution is -2.37. The first-order chi connectivity index (χ1) is 13.4. The average Bonchev–Trinajstić information content (AvgIpc) is 3.05. The Labute approximate surface area is 173 Å². The fourth-order valence-electron chi connectivity index (χ4n) is 2.46. The maximum absolute atomic E-state index is 12.1. The van der Waals surface area contributed by atoms with Gasteiger partial charge in [-0.2, -0.15) is 0 Å². The van der Waals surface area contributed by atoms with E-state index < -0.39 is 0 Å². The number of hydrogen-bond acceptors (Lipinski definition) is 5. The minimum Gasteiger partial charge on any atom is -0.305 e. The number of aryl methyl sites for hydroxylation is 1. The normalized spacial score (nSPS) is 10.5. The van der Waals surface area contributed by atoms with Crippen LogP contribution in [0, 0.1) is 6.92 Å². The first-order valence-corrected chi connectivity index (χ1v) is 9.89. The van der Waals surface area contributed by atoms with Crippen LogP contribution in [0.4, 0.5) is 0 Å². The molecule has 0 aliphatic carbocycles. The third-order valence-corrected chi connectivity index (χ3v) is 5.26. The summed E-state index contributed by atoms with van der Waals surface area (Å²) in [5.74, 6) is 0.692. The van der Waals surface area contributed by atoms with Gasteiger partial charge in [0.15, 0.2) is 11.0 Å². The Bertz CT molecular complexity index is 1000. The van der Waals surface area contributed by atoms with E-state index in [1.807, 2.05) is 61.0 Å². The van der Waals surface area contributed by atoms with E-state index in [4.69, 9.17) is 11.6 Å². The third kappa shape index (κ3) is 4.94. The highest BCUT2D eigenvalue weighted by Crippen LogP contribution is 2.24. The lowest BCUT2D eigenvalue weighted by atomic mass is 10.1. The van der Waals surface area contributed by atoms with Crippen molar-refractivity contribution >= 4 is 35.0 Å². The minimum absolute atomic E-state index is 0.189. The number of aromatic nitrogens is 3. The smallest absolute Gasteiger partial charge is 0.248 e. The summed E-state index contributed by atoms with van der Waals surface area (Å²) in [5.41, 5.74) is 9.06. The summed E-state index contributed by atoms with van der Waals surface area (Å²) in [6.45, 7) is 5.95. The van der Waals surface area contributed by atoms with E-state index in [0.717, 1.165) is 16.7 Å². The van der Waals surface area contributed by atoms with Gasteiger partial charge in [0.05, 0.1) is 11.4 Å². The molecule has 0 aliphatic heterocycles. The topological polar surface area (TPSA) is 71.8 Å². The average molecular weight is 414 g/mol. The van der Waals surface area contributed by atoms with E-state index in [1.165, 1.54) is 11.8 Å². The molecule has 0 atom stereocenters. The first kappa shape index (κ1) is 20.0. The molecular formula is C20H20ClN5OS. The van der Waals surface area contributed by atoms with Gasteiger partial charge in [0, 0.05) is 17.6 Å². The van der Waals surface area contributed by atoms with Crippen LogP contribution < -0.4 is 10.9 Å². The summed E-state index contributed by atoms with van der Waals surface area (Å²) in [6, 6.07) is 15.3. The predicted octanol–water partition coefficient (Wildman–Crippen LogP) is 3.83. The van der Waals surface area contributed by atoms with E-state index in [-0.39, 0.29) is 11.7 Å². The number of carbonyl (C=O) groups excluding carboxylic acids is 1. The van der Waals surface area contributed by atoms with E-state index >= 15 is 0 Å². The summed E-state index contributed by atoms with van der Waals surface area (Å²) in [5, 5.41) is 9.63. The number of hydrogen-bond donors (Lipinski definition) is 2. The summed E-state index contributed by atoms with van der Waals surface area (Å²) >= 11 is 7.34. The Hall–Kier alpha value is -2.77. The fraction of sp³-hybridized carbons (Fsp3) is 0.150. The maximum Gasteiger partial charge on any atom is 0.248 e. The third-order valence-electron chi connectivity index (χ3n) is 4.00. The Balaban J connectivity index is 1.53. The largest absolute Gasteiger partial charge is 0.305 e. The number of rotatable bonds is 7. The molecule has 0 fully saturated rings. The Morgan fingerprint density at radius 1 is 1.18 bits per heavy atom. The number of halogens is 1. The number of amides is 1. The molecule has 0 spiro atoms. The molecule has 3 aromatic rings. The molecular weight excluding hydrogens is 394 g/mol. The van der Waals surface area contributed by atoms with Gasteiger partial charge in [-0.3, -0.25) is 15.6 Å². The molecule has 0 saturated heterocycles. The van der Waals surface area contributed by atoms with Crippen LogP contribution in [-0.2, 0) is 11.8 Å². The molecule has 2 N–H and O–H groups in total. The number of thioether (sulfide) groups is 1. The number of nitrogens with one attached hydrogen (secondary N) is 2. The first-order valence-electron chi connectivity index (χ1n) is 8.53. The van der Waals surface area contributed by atoms with Gasteiger partial charge in [-0.1, -0.05) is 71.9 Å². The van der Waals surface area contributed by atoms with Crippen LogP contribution in [0.5, 0.6) is 0 Å². The van der Waals surface area contributed by atoms with Crippen molar-refractivity contribution in [3.8, 4) is 11.4 Å². The molecule has 0 saturated carbocycles. The van der Waals surface area contributed by atoms with E-state index in [0.29, 0.717) is 21.7 Å². The van der Waals surface area contributed by atoms with Gasteiger partial charge in [0.2, 0.25) is 5.91 Å². The van der Waals surface area contributed by atoms with Crippen LogP contribution in [0.25, 0.3) is 17.1 Å². The van der Waals surface area contributed by atoms with Gasteiger partial charge in [-0.25, -0.2) is 0 Å². The molecule has 8 heteroatoms. The molecule has 0 bridgehead atoms. The van der Waals surface area contributed by atoms with Crippen molar-refractivity contribution in [1.82, 2.24) is 25.6 Å². The number of carbonyl (C=O) groups is 1. The number of benzene rings is 2. The zero-order valence-corrected chi connectivity index (χ0v) is 17.1. The molecule has 144 valence electrons. The number of hydrazine groups is 1. The van der Waals surface area contributed by atoms with Gasteiger partial charge < -0.3 is 4.57 Å². The molecule has 3 rings (SSSR count). The molecule has 2 aromatic carbocycles. The zero-order chi connectivity index (χ0) is 20.1. The second kappa shape index (κ2) is 8.95. The lowest BCUT2D eigenvalue weighted by molar-refractivity contribution is -0.119. The van der Waals surface area contributed by atoms with E-state index in [2.05, 4.69) is 27.6 Å². The van der Waals surface area contributed by atoms with Crippen molar-refractivity contribution in [1.29, 1.82) is 0 Å². The Morgan fingerprint density at radius 2 is 1.93 bits per heavy atom. The van der Waals surface area contributed by atoms with Crippen LogP contribution in [-0.4, -0.2) is 26.4 Å². The van der Waals surface area contributed by atoms with Crippen molar-refractivity contribution in [2.24, 2.45) is 7.05 Å². The monoisotopic (exact) mass is 413 g/mol. The van der Waals surface area contributed by atoms with Crippen molar-refractivity contribution in [2.45, 2.75) is 12.1 Å². The van der Waals surface area contributed by atoms with Crippen molar-refractivity contribution < 1.29 is 4.79 Å². The summed E-state index contributed by atoms with van der Waals surface area (Å²) in [4.78, 5) is 12.1. The molecule has 1 amide bonds. The SMILES string of the molecule is C=C(NNC(=O)CSc1nnc(-c2cccc(Cl)c2)n1C)c1ccc(C)cc1. The van der Waals surface area contributed by atoms with Crippen LogP contribution in [0.1, 0.15) is 11.1 Å². The summed E-state index contributed by atoms with van der Waals surface area (Å²) < 4.78 is 1.84. The second-order valence-electron chi connectivity index (χ2n) is 6.18. The molecule has 1 heterocycles. The van der Waals surface area contributed by atoms with Crippen LogP contribution in [0.3, 0.4) is 0 Å². The Kier molecular flexibility index (Phi) is 6.38. The van der Waals surface area contributed by atoms with Gasteiger partial charge in [0.1, 0.15) is 0 Å². The van der Waals surface area contributed by atoms with E-state index in [1.54, 1.807) is 6.07 Å². The molecule has 6 nitrogen and oxygen atoms in total. The fourth-order valence-corrected chi connectivity index (χ4v) is 3.36. The second-order valence-corrected chi connectivity index (χ2v) is 7.56. The summed E-state index contributed by atoms with van der Waals surface area (Å²) in [6.07, 6.45) is 0. The quantitative estimate of drug-likeness (QED) is 0.455. The Morgan fingerprint density at radius 3 is 2.64 bits per heavy atom. The number of nitrogens with zero attached hydrogens (tertiary/aromatic N) is 3.